The molecule has 1 heterocycles. The predicted molar refractivity (Wildman–Crippen MR) is 69.8 cm³/mol. The van der Waals surface area contributed by atoms with Gasteiger partial charge in [-0.25, -0.2) is 4.39 Å². The van der Waals surface area contributed by atoms with Gasteiger partial charge in [-0.2, -0.15) is 11.3 Å². The zero-order valence-electron chi connectivity index (χ0n) is 9.26. The minimum absolute atomic E-state index is 0.218. The van der Waals surface area contributed by atoms with Crippen LogP contribution < -0.4 is 5.73 Å². The predicted octanol–water partition coefficient (Wildman–Crippen LogP) is 2.86. The Labute approximate surface area is 107 Å². The van der Waals surface area contributed by atoms with E-state index < -0.39 is 11.7 Å². The lowest BCUT2D eigenvalue weighted by molar-refractivity contribution is 0.0997. The maximum Gasteiger partial charge on any atom is 0.252 e. The van der Waals surface area contributed by atoms with Crippen LogP contribution in [0.4, 0.5) is 4.39 Å². The molecule has 1 aromatic heterocycles. The fourth-order valence-electron chi connectivity index (χ4n) is 1.49. The van der Waals surface area contributed by atoms with E-state index in [1.165, 1.54) is 17.4 Å². The molecule has 92 valence electrons. The van der Waals surface area contributed by atoms with Crippen LogP contribution in [0.15, 0.2) is 29.0 Å². The van der Waals surface area contributed by atoms with Crippen LogP contribution in [0.5, 0.6) is 5.75 Å². The smallest absolute Gasteiger partial charge is 0.252 e. The first-order valence-corrected chi connectivity index (χ1v) is 6.05. The van der Waals surface area contributed by atoms with E-state index in [1.807, 2.05) is 16.8 Å². The van der Waals surface area contributed by atoms with Crippen LogP contribution in [-0.2, 0) is 0 Å². The first-order valence-electron chi connectivity index (χ1n) is 5.10. The molecule has 2 rings (SSSR count). The van der Waals surface area contributed by atoms with Crippen molar-refractivity contribution in [2.45, 2.75) is 0 Å². The van der Waals surface area contributed by atoms with Crippen molar-refractivity contribution in [2.75, 3.05) is 0 Å². The highest BCUT2D eigenvalue weighted by Crippen LogP contribution is 2.26. The monoisotopic (exact) mass is 263 g/mol. The molecule has 0 saturated carbocycles. The number of nitrogens with two attached hydrogens (primary N) is 1. The molecule has 3 nitrogen and oxygen atoms in total. The van der Waals surface area contributed by atoms with Gasteiger partial charge in [0.1, 0.15) is 11.6 Å². The first-order chi connectivity index (χ1) is 8.58. The number of aromatic hydroxyl groups is 1. The Balaban J connectivity index is 2.42. The van der Waals surface area contributed by atoms with Crippen molar-refractivity contribution in [3.05, 3.63) is 51.5 Å². The van der Waals surface area contributed by atoms with Crippen molar-refractivity contribution in [1.82, 2.24) is 0 Å². The Morgan fingerprint density at radius 2 is 2.17 bits per heavy atom. The lowest BCUT2D eigenvalue weighted by atomic mass is 10.1. The van der Waals surface area contributed by atoms with Gasteiger partial charge < -0.3 is 10.8 Å². The summed E-state index contributed by atoms with van der Waals surface area (Å²) in [6.45, 7) is 0. The van der Waals surface area contributed by atoms with Gasteiger partial charge in [-0.15, -0.1) is 0 Å². The highest BCUT2D eigenvalue weighted by atomic mass is 32.1. The molecule has 2 aromatic rings. The lowest BCUT2D eigenvalue weighted by Crippen LogP contribution is -2.11. The normalized spacial score (nSPS) is 10.9. The minimum atomic E-state index is -0.864. The summed E-state index contributed by atoms with van der Waals surface area (Å²) in [6.07, 6.45) is 3.25. The highest BCUT2D eigenvalue weighted by Gasteiger charge is 2.12. The van der Waals surface area contributed by atoms with Gasteiger partial charge in [0, 0.05) is 5.56 Å². The van der Waals surface area contributed by atoms with E-state index in [-0.39, 0.29) is 16.9 Å². The molecule has 1 amide bonds. The van der Waals surface area contributed by atoms with E-state index in [2.05, 4.69) is 0 Å². The van der Waals surface area contributed by atoms with Crippen molar-refractivity contribution >= 4 is 29.4 Å². The van der Waals surface area contributed by atoms with Crippen LogP contribution in [0, 0.1) is 5.82 Å². The standard InChI is InChI=1S/C13H10FNO2S/c14-10-5-9(2-1-8-3-4-18-7-8)12(16)11(6-10)13(15)17/h1-7,16H,(H2,15,17)/b2-1+. The number of carbonyl (C=O) groups is 1. The molecule has 0 aliphatic carbocycles. The van der Waals surface area contributed by atoms with Crippen LogP contribution >= 0.6 is 11.3 Å². The number of thiophene rings is 1. The van der Waals surface area contributed by atoms with Crippen LogP contribution in [0.25, 0.3) is 12.2 Å². The number of phenols is 1. The van der Waals surface area contributed by atoms with E-state index in [4.69, 9.17) is 5.73 Å². The van der Waals surface area contributed by atoms with Gasteiger partial charge in [-0.05, 0) is 34.5 Å². The van der Waals surface area contributed by atoms with Crippen molar-refractivity contribution in [3.8, 4) is 5.75 Å². The molecule has 1 aromatic carbocycles. The molecular weight excluding hydrogens is 253 g/mol. The third kappa shape index (κ3) is 2.57. The Hall–Kier alpha value is -2.14. The molecule has 0 unspecified atom stereocenters. The molecule has 3 N–H and O–H groups in total. The summed E-state index contributed by atoms with van der Waals surface area (Å²) in [7, 11) is 0. The molecule has 0 aliphatic heterocycles. The van der Waals surface area contributed by atoms with Gasteiger partial charge in [0.05, 0.1) is 5.56 Å². The summed E-state index contributed by atoms with van der Waals surface area (Å²) in [5.74, 6) is -1.79. The van der Waals surface area contributed by atoms with Gasteiger partial charge in [0.25, 0.3) is 5.91 Å². The SMILES string of the molecule is NC(=O)c1cc(F)cc(/C=C/c2ccsc2)c1O. The Bertz CT molecular complexity index is 606. The molecule has 0 radical (unpaired) electrons. The zero-order valence-corrected chi connectivity index (χ0v) is 10.1. The van der Waals surface area contributed by atoms with E-state index >= 15 is 0 Å². The largest absolute Gasteiger partial charge is 0.506 e. The summed E-state index contributed by atoms with van der Waals surface area (Å²) in [5, 5.41) is 13.6. The van der Waals surface area contributed by atoms with E-state index in [9.17, 15) is 14.3 Å². The second kappa shape index (κ2) is 5.01. The fourth-order valence-corrected chi connectivity index (χ4v) is 2.12. The summed E-state index contributed by atoms with van der Waals surface area (Å²) < 4.78 is 13.3. The van der Waals surface area contributed by atoms with Crippen molar-refractivity contribution in [1.29, 1.82) is 0 Å². The first kappa shape index (κ1) is 12.3. The van der Waals surface area contributed by atoms with Crippen molar-refractivity contribution < 1.29 is 14.3 Å². The van der Waals surface area contributed by atoms with E-state index in [1.54, 1.807) is 6.08 Å². The Morgan fingerprint density at radius 3 is 2.78 bits per heavy atom. The van der Waals surface area contributed by atoms with Crippen LogP contribution in [0.2, 0.25) is 0 Å². The Morgan fingerprint density at radius 1 is 1.39 bits per heavy atom. The highest BCUT2D eigenvalue weighted by molar-refractivity contribution is 7.08. The van der Waals surface area contributed by atoms with Gasteiger partial charge in [-0.1, -0.05) is 12.2 Å². The minimum Gasteiger partial charge on any atom is -0.506 e. The molecule has 0 spiro atoms. The van der Waals surface area contributed by atoms with Gasteiger partial charge in [-0.3, -0.25) is 4.79 Å². The van der Waals surface area contributed by atoms with Crippen LogP contribution in [0.1, 0.15) is 21.5 Å². The Kier molecular flexibility index (Phi) is 3.43. The quantitative estimate of drug-likeness (QED) is 0.894. The second-order valence-corrected chi connectivity index (χ2v) is 4.43. The number of amides is 1. The number of benzene rings is 1. The topological polar surface area (TPSA) is 63.3 Å². The van der Waals surface area contributed by atoms with Gasteiger partial charge >= 0.3 is 0 Å². The third-order valence-corrected chi connectivity index (χ3v) is 3.07. The average molecular weight is 263 g/mol. The van der Waals surface area contributed by atoms with E-state index in [0.717, 1.165) is 17.7 Å². The van der Waals surface area contributed by atoms with Crippen molar-refractivity contribution in [2.24, 2.45) is 5.73 Å². The lowest BCUT2D eigenvalue weighted by Gasteiger charge is -2.04. The molecule has 0 atom stereocenters. The number of rotatable bonds is 3. The molecular formula is C13H10FNO2S. The molecule has 0 bridgehead atoms. The van der Waals surface area contributed by atoms with Crippen LogP contribution in [-0.4, -0.2) is 11.0 Å². The molecule has 0 saturated heterocycles. The van der Waals surface area contributed by atoms with Gasteiger partial charge in [0.15, 0.2) is 0 Å². The van der Waals surface area contributed by atoms with E-state index in [0.29, 0.717) is 0 Å². The zero-order chi connectivity index (χ0) is 13.1. The van der Waals surface area contributed by atoms with Crippen LogP contribution in [0.3, 0.4) is 0 Å². The van der Waals surface area contributed by atoms with Crippen molar-refractivity contribution in [3.63, 3.8) is 0 Å². The number of hydrogen-bond donors (Lipinski definition) is 2. The number of carbonyl (C=O) groups excluding carboxylic acids is 1. The molecule has 18 heavy (non-hydrogen) atoms. The number of primary amides is 1. The summed E-state index contributed by atoms with van der Waals surface area (Å²) in [6, 6.07) is 3.94. The average Bonchev–Trinajstić information content (AvgIpc) is 2.82. The summed E-state index contributed by atoms with van der Waals surface area (Å²) >= 11 is 1.53. The molecule has 0 fully saturated rings. The molecule has 5 heteroatoms. The number of hydrogen-bond acceptors (Lipinski definition) is 3. The van der Waals surface area contributed by atoms with Gasteiger partial charge in [0.2, 0.25) is 0 Å². The molecule has 0 aliphatic rings. The summed E-state index contributed by atoms with van der Waals surface area (Å²) in [5.41, 5.74) is 5.98. The maximum absolute atomic E-state index is 13.3. The maximum atomic E-state index is 13.3. The summed E-state index contributed by atoms with van der Waals surface area (Å²) in [4.78, 5) is 11.0. The fraction of sp³-hybridized carbons (Fsp3) is 0. The third-order valence-electron chi connectivity index (χ3n) is 2.37. The second-order valence-electron chi connectivity index (χ2n) is 3.65. The number of halogens is 1.